The van der Waals surface area contributed by atoms with Gasteiger partial charge in [0.15, 0.2) is 11.6 Å². The number of nitrogens with two attached hydrogens (primary N) is 1. The zero-order valence-corrected chi connectivity index (χ0v) is 12.5. The van der Waals surface area contributed by atoms with E-state index in [1.807, 2.05) is 4.57 Å². The summed E-state index contributed by atoms with van der Waals surface area (Å²) in [6.07, 6.45) is 2.13. The third-order valence-corrected chi connectivity index (χ3v) is 4.13. The molecule has 0 spiro atoms. The van der Waals surface area contributed by atoms with Crippen LogP contribution in [0.15, 0.2) is 12.1 Å². The van der Waals surface area contributed by atoms with Crippen LogP contribution in [-0.2, 0) is 0 Å². The van der Waals surface area contributed by atoms with Crippen molar-refractivity contribution in [1.82, 2.24) is 9.55 Å². The summed E-state index contributed by atoms with van der Waals surface area (Å²) in [5.74, 6) is 0.730. The van der Waals surface area contributed by atoms with Crippen molar-refractivity contribution < 1.29 is 9.13 Å². The van der Waals surface area contributed by atoms with E-state index in [1.165, 1.54) is 13.2 Å². The van der Waals surface area contributed by atoms with Crippen molar-refractivity contribution in [3.05, 3.63) is 17.9 Å². The van der Waals surface area contributed by atoms with Gasteiger partial charge in [-0.25, -0.2) is 9.37 Å². The SMILES string of the molecule is CCC(CC)C(C)n1c(N)nc2cc(F)c(OC)cc21. The monoisotopic (exact) mass is 279 g/mol. The van der Waals surface area contributed by atoms with Gasteiger partial charge in [0.05, 0.1) is 18.1 Å². The molecule has 0 bridgehead atoms. The molecular weight excluding hydrogens is 257 g/mol. The van der Waals surface area contributed by atoms with Crippen LogP contribution in [0.4, 0.5) is 10.3 Å². The number of aromatic nitrogens is 2. The average Bonchev–Trinajstić information content (AvgIpc) is 2.73. The zero-order chi connectivity index (χ0) is 14.9. The van der Waals surface area contributed by atoms with Crippen molar-refractivity contribution >= 4 is 17.0 Å². The molecular formula is C15H22FN3O. The van der Waals surface area contributed by atoms with Gasteiger partial charge in [0.25, 0.3) is 0 Å². The lowest BCUT2D eigenvalue weighted by molar-refractivity contribution is 0.341. The first-order valence-corrected chi connectivity index (χ1v) is 7.04. The standard InChI is InChI=1S/C15H22FN3O/c1-5-10(6-2)9(3)19-13-8-14(20-4)11(16)7-12(13)18-15(19)17/h7-10H,5-6H2,1-4H3,(H2,17,18). The number of hydrogen-bond donors (Lipinski definition) is 1. The summed E-state index contributed by atoms with van der Waals surface area (Å²) in [5.41, 5.74) is 7.42. The third kappa shape index (κ3) is 2.32. The molecule has 0 aliphatic heterocycles. The van der Waals surface area contributed by atoms with Gasteiger partial charge in [-0.05, 0) is 12.8 Å². The molecule has 0 amide bonds. The molecule has 1 heterocycles. The van der Waals surface area contributed by atoms with E-state index < -0.39 is 5.82 Å². The smallest absolute Gasteiger partial charge is 0.201 e. The highest BCUT2D eigenvalue weighted by Crippen LogP contribution is 2.33. The van der Waals surface area contributed by atoms with E-state index in [0.717, 1.165) is 18.4 Å². The Morgan fingerprint density at radius 2 is 2.00 bits per heavy atom. The van der Waals surface area contributed by atoms with Crippen LogP contribution in [0.25, 0.3) is 11.0 Å². The minimum atomic E-state index is -0.417. The van der Waals surface area contributed by atoms with E-state index in [4.69, 9.17) is 10.5 Å². The van der Waals surface area contributed by atoms with Gasteiger partial charge in [0.2, 0.25) is 5.95 Å². The Bertz CT molecular complexity index is 605. The highest BCUT2D eigenvalue weighted by Gasteiger charge is 2.21. The molecule has 1 aromatic carbocycles. The van der Waals surface area contributed by atoms with Gasteiger partial charge in [-0.1, -0.05) is 26.7 Å². The number of nitrogen functional groups attached to an aromatic ring is 1. The Kier molecular flexibility index (Phi) is 4.16. The van der Waals surface area contributed by atoms with Crippen molar-refractivity contribution in [2.24, 2.45) is 5.92 Å². The van der Waals surface area contributed by atoms with Crippen LogP contribution in [0, 0.1) is 11.7 Å². The topological polar surface area (TPSA) is 53.1 Å². The molecule has 0 radical (unpaired) electrons. The molecule has 0 fully saturated rings. The van der Waals surface area contributed by atoms with Crippen molar-refractivity contribution in [3.63, 3.8) is 0 Å². The van der Waals surface area contributed by atoms with Crippen molar-refractivity contribution in [3.8, 4) is 5.75 Å². The Labute approximate surface area is 118 Å². The predicted molar refractivity (Wildman–Crippen MR) is 79.4 cm³/mol. The van der Waals surface area contributed by atoms with Crippen LogP contribution in [0.5, 0.6) is 5.75 Å². The number of benzene rings is 1. The summed E-state index contributed by atoms with van der Waals surface area (Å²) in [5, 5.41) is 0. The van der Waals surface area contributed by atoms with Crippen LogP contribution < -0.4 is 10.5 Å². The molecule has 0 aliphatic rings. The lowest BCUT2D eigenvalue weighted by atomic mass is 9.95. The van der Waals surface area contributed by atoms with Crippen LogP contribution in [0.1, 0.15) is 39.7 Å². The number of ether oxygens (including phenoxy) is 1. The summed E-state index contributed by atoms with van der Waals surface area (Å²) in [7, 11) is 1.46. The minimum Gasteiger partial charge on any atom is -0.494 e. The first-order chi connectivity index (χ1) is 9.53. The van der Waals surface area contributed by atoms with E-state index in [9.17, 15) is 4.39 Å². The molecule has 1 unspecified atom stereocenters. The molecule has 110 valence electrons. The Morgan fingerprint density at radius 3 is 2.55 bits per heavy atom. The Balaban J connectivity index is 2.60. The number of halogens is 1. The third-order valence-electron chi connectivity index (χ3n) is 4.13. The predicted octanol–water partition coefficient (Wildman–Crippen LogP) is 3.76. The molecule has 2 aromatic rings. The maximum atomic E-state index is 13.7. The highest BCUT2D eigenvalue weighted by atomic mass is 19.1. The highest BCUT2D eigenvalue weighted by molar-refractivity contribution is 5.80. The van der Waals surface area contributed by atoms with Crippen LogP contribution in [-0.4, -0.2) is 16.7 Å². The molecule has 1 atom stereocenters. The molecule has 0 saturated heterocycles. The van der Waals surface area contributed by atoms with Gasteiger partial charge in [-0.15, -0.1) is 0 Å². The number of imidazole rings is 1. The number of nitrogens with zero attached hydrogens (tertiary/aromatic N) is 2. The molecule has 20 heavy (non-hydrogen) atoms. The van der Waals surface area contributed by atoms with E-state index in [0.29, 0.717) is 17.4 Å². The van der Waals surface area contributed by atoms with Crippen molar-refractivity contribution in [2.45, 2.75) is 39.7 Å². The first-order valence-electron chi connectivity index (χ1n) is 7.04. The molecule has 4 nitrogen and oxygen atoms in total. The summed E-state index contributed by atoms with van der Waals surface area (Å²) in [6.45, 7) is 6.46. The maximum Gasteiger partial charge on any atom is 0.201 e. The van der Waals surface area contributed by atoms with Crippen molar-refractivity contribution in [2.75, 3.05) is 12.8 Å². The quantitative estimate of drug-likeness (QED) is 0.906. The molecule has 5 heteroatoms. The lowest BCUT2D eigenvalue weighted by Gasteiger charge is -2.24. The lowest BCUT2D eigenvalue weighted by Crippen LogP contribution is -2.17. The average molecular weight is 279 g/mol. The van der Waals surface area contributed by atoms with E-state index in [1.54, 1.807) is 6.07 Å². The molecule has 0 aliphatic carbocycles. The summed E-state index contributed by atoms with van der Waals surface area (Å²) >= 11 is 0. The summed E-state index contributed by atoms with van der Waals surface area (Å²) in [4.78, 5) is 4.27. The second kappa shape index (κ2) is 5.69. The van der Waals surface area contributed by atoms with Gasteiger partial charge >= 0.3 is 0 Å². The van der Waals surface area contributed by atoms with Crippen LogP contribution in [0.3, 0.4) is 0 Å². The number of methoxy groups -OCH3 is 1. The maximum absolute atomic E-state index is 13.7. The fraction of sp³-hybridized carbons (Fsp3) is 0.533. The van der Waals surface area contributed by atoms with E-state index >= 15 is 0 Å². The molecule has 2 rings (SSSR count). The van der Waals surface area contributed by atoms with Crippen LogP contribution >= 0.6 is 0 Å². The van der Waals surface area contributed by atoms with E-state index in [2.05, 4.69) is 25.8 Å². The van der Waals surface area contributed by atoms with Crippen LogP contribution in [0.2, 0.25) is 0 Å². The van der Waals surface area contributed by atoms with Gasteiger partial charge in [-0.2, -0.15) is 0 Å². The molecule has 0 saturated carbocycles. The number of hydrogen-bond acceptors (Lipinski definition) is 3. The fourth-order valence-corrected chi connectivity index (χ4v) is 2.88. The van der Waals surface area contributed by atoms with Crippen molar-refractivity contribution in [1.29, 1.82) is 0 Å². The molecule has 1 aromatic heterocycles. The van der Waals surface area contributed by atoms with Gasteiger partial charge in [0.1, 0.15) is 0 Å². The zero-order valence-electron chi connectivity index (χ0n) is 12.5. The number of anilines is 1. The van der Waals surface area contributed by atoms with Gasteiger partial charge in [0, 0.05) is 18.2 Å². The number of fused-ring (bicyclic) bond motifs is 1. The second-order valence-corrected chi connectivity index (χ2v) is 5.13. The minimum absolute atomic E-state index is 0.213. The fourth-order valence-electron chi connectivity index (χ4n) is 2.88. The molecule has 2 N–H and O–H groups in total. The van der Waals surface area contributed by atoms with Gasteiger partial charge < -0.3 is 15.0 Å². The largest absolute Gasteiger partial charge is 0.494 e. The Hall–Kier alpha value is -1.78. The summed E-state index contributed by atoms with van der Waals surface area (Å²) < 4.78 is 20.8. The first kappa shape index (κ1) is 14.6. The van der Waals surface area contributed by atoms with Gasteiger partial charge in [-0.3, -0.25) is 0 Å². The number of rotatable bonds is 5. The van der Waals surface area contributed by atoms with E-state index in [-0.39, 0.29) is 11.8 Å². The second-order valence-electron chi connectivity index (χ2n) is 5.13. The normalized spacial score (nSPS) is 13.1. The summed E-state index contributed by atoms with van der Waals surface area (Å²) in [6, 6.07) is 3.26. The Morgan fingerprint density at radius 1 is 1.35 bits per heavy atom.